The Morgan fingerprint density at radius 3 is 2.59 bits per heavy atom. The van der Waals surface area contributed by atoms with Crippen molar-refractivity contribution >= 4 is 43.7 Å². The van der Waals surface area contributed by atoms with Gasteiger partial charge in [0, 0.05) is 30.0 Å². The molecular weight excluding hydrogens is 466 g/mol. The van der Waals surface area contributed by atoms with Crippen molar-refractivity contribution < 1.29 is 17.9 Å². The highest BCUT2D eigenvalue weighted by atomic mass is 32.2. The smallest absolute Gasteiger partial charge is 0.252 e. The van der Waals surface area contributed by atoms with E-state index in [4.69, 9.17) is 4.74 Å². The van der Waals surface area contributed by atoms with Crippen molar-refractivity contribution in [2.24, 2.45) is 5.92 Å². The lowest BCUT2D eigenvalue weighted by Gasteiger charge is -2.29. The summed E-state index contributed by atoms with van der Waals surface area (Å²) in [6.45, 7) is 3.43. The first-order valence-corrected chi connectivity index (χ1v) is 13.7. The topological polar surface area (TPSA) is 88.6 Å². The van der Waals surface area contributed by atoms with E-state index in [-0.39, 0.29) is 11.8 Å². The summed E-state index contributed by atoms with van der Waals surface area (Å²) in [5.41, 5.74) is 1.75. The summed E-state index contributed by atoms with van der Waals surface area (Å²) in [6.07, 6.45) is 1.95. The highest BCUT2D eigenvalue weighted by molar-refractivity contribution is 7.91. The van der Waals surface area contributed by atoms with Crippen LogP contribution in [0.3, 0.4) is 0 Å². The lowest BCUT2D eigenvalue weighted by atomic mass is 9.97. The fourth-order valence-electron chi connectivity index (χ4n) is 3.51. The van der Waals surface area contributed by atoms with Gasteiger partial charge in [-0.05, 0) is 55.0 Å². The molecule has 32 heavy (non-hydrogen) atoms. The monoisotopic (exact) mass is 491 g/mol. The predicted molar refractivity (Wildman–Crippen MR) is 128 cm³/mol. The van der Waals surface area contributed by atoms with Gasteiger partial charge in [-0.15, -0.1) is 22.7 Å². The zero-order chi connectivity index (χ0) is 22.6. The third-order valence-corrected chi connectivity index (χ3v) is 9.30. The summed E-state index contributed by atoms with van der Waals surface area (Å²) >= 11 is 2.59. The number of thiophene rings is 1. The van der Waals surface area contributed by atoms with Crippen molar-refractivity contribution in [3.8, 4) is 17.0 Å². The first-order chi connectivity index (χ1) is 15.5. The van der Waals surface area contributed by atoms with Crippen LogP contribution >= 0.6 is 22.7 Å². The van der Waals surface area contributed by atoms with E-state index in [2.05, 4.69) is 17.2 Å². The molecule has 1 aliphatic rings. The third-order valence-electron chi connectivity index (χ3n) is 5.27. The normalized spacial score (nSPS) is 15.5. The van der Waals surface area contributed by atoms with Crippen molar-refractivity contribution in [1.82, 2.24) is 9.29 Å². The number of aromatic nitrogens is 1. The van der Waals surface area contributed by atoms with Crippen LogP contribution in [0.5, 0.6) is 5.75 Å². The van der Waals surface area contributed by atoms with Crippen LogP contribution in [-0.2, 0) is 14.8 Å². The van der Waals surface area contributed by atoms with E-state index in [1.54, 1.807) is 17.5 Å². The number of anilines is 1. The lowest BCUT2D eigenvalue weighted by Crippen LogP contribution is -2.41. The molecule has 1 N–H and O–H groups in total. The molecule has 0 unspecified atom stereocenters. The standard InChI is InChI=1S/C22H25N3O4S3/c1-2-13-29-18-7-5-16(6-8-18)19-15-31-22(23-19)24-21(26)17-9-11-25(12-10-17)32(27,28)20-4-3-14-30-20/h3-8,14-15,17H,2,9-13H2,1H3,(H,23,24,26). The van der Waals surface area contributed by atoms with Gasteiger partial charge in [0.2, 0.25) is 5.91 Å². The number of hydrogen-bond acceptors (Lipinski definition) is 7. The fraction of sp³-hybridized carbons (Fsp3) is 0.364. The molecule has 3 aromatic rings. The number of thiazole rings is 1. The SMILES string of the molecule is CCCOc1ccc(-c2csc(NC(=O)C3CCN(S(=O)(=O)c4cccs4)CC3)n2)cc1. The molecule has 0 atom stereocenters. The molecule has 10 heteroatoms. The summed E-state index contributed by atoms with van der Waals surface area (Å²) in [4.78, 5) is 17.3. The number of ether oxygens (including phenoxy) is 1. The molecular formula is C22H25N3O4S3. The highest BCUT2D eigenvalue weighted by Gasteiger charge is 2.32. The summed E-state index contributed by atoms with van der Waals surface area (Å²) in [6, 6.07) is 11.1. The molecule has 4 rings (SSSR count). The van der Waals surface area contributed by atoms with Crippen LogP contribution in [0.1, 0.15) is 26.2 Å². The van der Waals surface area contributed by atoms with E-state index in [0.717, 1.165) is 23.4 Å². The van der Waals surface area contributed by atoms with Crippen molar-refractivity contribution in [3.63, 3.8) is 0 Å². The van der Waals surface area contributed by atoms with Gasteiger partial charge in [-0.3, -0.25) is 4.79 Å². The number of benzene rings is 1. The first-order valence-electron chi connectivity index (χ1n) is 10.5. The second kappa shape index (κ2) is 10.1. The minimum absolute atomic E-state index is 0.109. The van der Waals surface area contributed by atoms with Gasteiger partial charge in [0.15, 0.2) is 5.13 Å². The van der Waals surface area contributed by atoms with Crippen molar-refractivity contribution in [3.05, 3.63) is 47.2 Å². The third kappa shape index (κ3) is 5.20. The zero-order valence-electron chi connectivity index (χ0n) is 17.7. The number of rotatable bonds is 8. The number of carbonyl (C=O) groups is 1. The summed E-state index contributed by atoms with van der Waals surface area (Å²) in [5.74, 6) is 0.487. The van der Waals surface area contributed by atoms with Gasteiger partial charge in [-0.1, -0.05) is 13.0 Å². The molecule has 1 aliphatic heterocycles. The Morgan fingerprint density at radius 2 is 1.94 bits per heavy atom. The van der Waals surface area contributed by atoms with Crippen LogP contribution in [0.15, 0.2) is 51.4 Å². The number of nitrogens with zero attached hydrogens (tertiary/aromatic N) is 2. The molecule has 2 aromatic heterocycles. The van der Waals surface area contributed by atoms with E-state index in [1.165, 1.54) is 27.0 Å². The maximum Gasteiger partial charge on any atom is 0.252 e. The quantitative estimate of drug-likeness (QED) is 0.493. The number of hydrogen-bond donors (Lipinski definition) is 1. The van der Waals surface area contributed by atoms with Crippen molar-refractivity contribution in [2.45, 2.75) is 30.4 Å². The average Bonchev–Trinajstić information content (AvgIpc) is 3.51. The number of nitrogens with one attached hydrogen (secondary N) is 1. The van der Waals surface area contributed by atoms with Crippen LogP contribution in [0, 0.1) is 5.92 Å². The molecule has 1 amide bonds. The summed E-state index contributed by atoms with van der Waals surface area (Å²) < 4.78 is 32.7. The number of piperidine rings is 1. The molecule has 7 nitrogen and oxygen atoms in total. The van der Waals surface area contributed by atoms with E-state index >= 15 is 0 Å². The summed E-state index contributed by atoms with van der Waals surface area (Å²) in [7, 11) is -3.46. The van der Waals surface area contributed by atoms with E-state index in [9.17, 15) is 13.2 Å². The Kier molecular flexibility index (Phi) is 7.24. The Bertz CT molecular complexity index is 1130. The molecule has 3 heterocycles. The van der Waals surface area contributed by atoms with Crippen molar-refractivity contribution in [2.75, 3.05) is 25.0 Å². The van der Waals surface area contributed by atoms with Gasteiger partial charge in [0.1, 0.15) is 9.96 Å². The van der Waals surface area contributed by atoms with Gasteiger partial charge >= 0.3 is 0 Å². The molecule has 1 aromatic carbocycles. The van der Waals surface area contributed by atoms with Crippen LogP contribution in [0.25, 0.3) is 11.3 Å². The Hall–Kier alpha value is -2.27. The molecule has 0 radical (unpaired) electrons. The minimum atomic E-state index is -3.46. The van der Waals surface area contributed by atoms with Gasteiger partial charge < -0.3 is 10.1 Å². The number of carbonyl (C=O) groups excluding carboxylic acids is 1. The van der Waals surface area contributed by atoms with Crippen LogP contribution in [-0.4, -0.2) is 43.3 Å². The van der Waals surface area contributed by atoms with Gasteiger partial charge in [-0.25, -0.2) is 13.4 Å². The van der Waals surface area contributed by atoms with Crippen LogP contribution in [0.2, 0.25) is 0 Å². The molecule has 170 valence electrons. The average molecular weight is 492 g/mol. The second-order valence-corrected chi connectivity index (χ2v) is 11.5. The fourth-order valence-corrected chi connectivity index (χ4v) is 6.85. The van der Waals surface area contributed by atoms with E-state index < -0.39 is 10.0 Å². The first kappa shape index (κ1) is 22.9. The lowest BCUT2D eigenvalue weighted by molar-refractivity contribution is -0.120. The predicted octanol–water partition coefficient (Wildman–Crippen LogP) is 4.70. The number of amides is 1. The van der Waals surface area contributed by atoms with Gasteiger partial charge in [-0.2, -0.15) is 4.31 Å². The Morgan fingerprint density at radius 1 is 1.19 bits per heavy atom. The van der Waals surface area contributed by atoms with Gasteiger partial charge in [0.25, 0.3) is 10.0 Å². The minimum Gasteiger partial charge on any atom is -0.494 e. The Labute approximate surface area is 196 Å². The molecule has 0 aliphatic carbocycles. The summed E-state index contributed by atoms with van der Waals surface area (Å²) in [5, 5.41) is 7.11. The van der Waals surface area contributed by atoms with Crippen LogP contribution < -0.4 is 10.1 Å². The second-order valence-electron chi connectivity index (χ2n) is 7.51. The van der Waals surface area contributed by atoms with Gasteiger partial charge in [0.05, 0.1) is 12.3 Å². The molecule has 1 fully saturated rings. The molecule has 0 bridgehead atoms. The van der Waals surface area contributed by atoms with Crippen LogP contribution in [0.4, 0.5) is 5.13 Å². The molecule has 0 saturated carbocycles. The Balaban J connectivity index is 1.32. The maximum atomic E-state index is 12.7. The molecule has 0 spiro atoms. The van der Waals surface area contributed by atoms with Crippen molar-refractivity contribution in [1.29, 1.82) is 0 Å². The van der Waals surface area contributed by atoms with E-state index in [0.29, 0.717) is 41.9 Å². The van der Waals surface area contributed by atoms with E-state index in [1.807, 2.05) is 29.6 Å². The zero-order valence-corrected chi connectivity index (χ0v) is 20.1. The highest BCUT2D eigenvalue weighted by Crippen LogP contribution is 2.29. The molecule has 1 saturated heterocycles. The number of sulfonamides is 1. The maximum absolute atomic E-state index is 12.7. The largest absolute Gasteiger partial charge is 0.494 e.